The van der Waals surface area contributed by atoms with Crippen LogP contribution in [0.25, 0.3) is 10.4 Å². The lowest BCUT2D eigenvalue weighted by Gasteiger charge is -2.06. The summed E-state index contributed by atoms with van der Waals surface area (Å²) in [5, 5.41) is 32.4. The Hall–Kier alpha value is -3.91. The molecule has 0 heterocycles. The van der Waals surface area contributed by atoms with E-state index in [4.69, 9.17) is 10.6 Å². The molecule has 0 aliphatic heterocycles. The molecule has 0 saturated heterocycles. The molecule has 10 heteroatoms. The smallest absolute Gasteiger partial charge is 0.335 e. The molecule has 0 radical (unpaired) electrons. The van der Waals surface area contributed by atoms with Crippen molar-refractivity contribution in [2.45, 2.75) is 0 Å². The van der Waals surface area contributed by atoms with Crippen molar-refractivity contribution < 1.29 is 19.8 Å². The number of azo groups is 1. The predicted octanol–water partition coefficient (Wildman–Crippen LogP) is 3.55. The van der Waals surface area contributed by atoms with E-state index in [0.29, 0.717) is 11.4 Å². The second-order valence-corrected chi connectivity index (χ2v) is 4.96. The average molecular weight is 354 g/mol. The van der Waals surface area contributed by atoms with Gasteiger partial charge >= 0.3 is 5.97 Å². The number of carbonyl (C=O) groups is 2. The van der Waals surface area contributed by atoms with E-state index in [0.717, 1.165) is 0 Å². The number of phenols is 1. The Labute approximate surface area is 147 Å². The summed E-state index contributed by atoms with van der Waals surface area (Å²) >= 11 is 0. The van der Waals surface area contributed by atoms with Crippen LogP contribution in [0.5, 0.6) is 5.75 Å². The van der Waals surface area contributed by atoms with E-state index in [1.54, 1.807) is 0 Å². The van der Waals surface area contributed by atoms with E-state index in [-0.39, 0.29) is 30.0 Å². The Morgan fingerprint density at radius 1 is 1.08 bits per heavy atom. The number of carboxylic acids is 1. The minimum Gasteiger partial charge on any atom is -0.507 e. The van der Waals surface area contributed by atoms with Crippen LogP contribution in [0.1, 0.15) is 20.7 Å². The van der Waals surface area contributed by atoms with Gasteiger partial charge in [0.1, 0.15) is 5.75 Å². The molecule has 0 bridgehead atoms. The molecule has 26 heavy (non-hydrogen) atoms. The number of aromatic hydroxyl groups is 1. The summed E-state index contributed by atoms with van der Waals surface area (Å²) in [5.41, 5.74) is 9.07. The number of phenolic OH excluding ortho intramolecular Hbond substituents is 1. The number of nitrogens with one attached hydrogen (secondary N) is 1. The van der Waals surface area contributed by atoms with Crippen molar-refractivity contribution in [3.63, 3.8) is 0 Å². The van der Waals surface area contributed by atoms with Crippen molar-refractivity contribution in [3.05, 3.63) is 64.0 Å². The zero-order chi connectivity index (χ0) is 18.9. The number of rotatable bonds is 7. The van der Waals surface area contributed by atoms with E-state index in [9.17, 15) is 14.7 Å². The van der Waals surface area contributed by atoms with Crippen LogP contribution < -0.4 is 5.32 Å². The first kappa shape index (κ1) is 18.4. The van der Waals surface area contributed by atoms with Crippen molar-refractivity contribution in [3.8, 4) is 5.75 Å². The van der Waals surface area contributed by atoms with Crippen molar-refractivity contribution in [2.75, 3.05) is 13.1 Å². The quantitative estimate of drug-likeness (QED) is 0.300. The number of hydrogen-bond donors (Lipinski definition) is 3. The number of carboxylic acid groups (broad SMARTS) is 1. The highest BCUT2D eigenvalue weighted by atomic mass is 16.4. The second kappa shape index (κ2) is 8.81. The number of hydrogen-bond acceptors (Lipinski definition) is 6. The molecule has 0 aliphatic rings. The number of carbonyl (C=O) groups excluding carboxylic acids is 1. The molecule has 1 amide bonds. The largest absolute Gasteiger partial charge is 0.507 e. The molecule has 0 unspecified atom stereocenters. The van der Waals surface area contributed by atoms with Crippen LogP contribution in [-0.2, 0) is 0 Å². The Morgan fingerprint density at radius 3 is 2.38 bits per heavy atom. The van der Waals surface area contributed by atoms with Gasteiger partial charge in [-0.25, -0.2) is 4.79 Å². The molecular weight excluding hydrogens is 340 g/mol. The minimum absolute atomic E-state index is 0.00334. The van der Waals surface area contributed by atoms with Crippen LogP contribution in [0.4, 0.5) is 11.4 Å². The van der Waals surface area contributed by atoms with Gasteiger partial charge < -0.3 is 15.5 Å². The van der Waals surface area contributed by atoms with Gasteiger partial charge in [0.15, 0.2) is 0 Å². The van der Waals surface area contributed by atoms with Crippen LogP contribution in [0, 0.1) is 0 Å². The van der Waals surface area contributed by atoms with Crippen LogP contribution in [-0.4, -0.2) is 35.2 Å². The Kier molecular flexibility index (Phi) is 6.24. The third kappa shape index (κ3) is 5.05. The number of amides is 1. The minimum atomic E-state index is -1.04. The van der Waals surface area contributed by atoms with Gasteiger partial charge in [-0.2, -0.15) is 10.2 Å². The van der Waals surface area contributed by atoms with E-state index in [1.165, 1.54) is 42.5 Å². The third-order valence-corrected chi connectivity index (χ3v) is 3.18. The molecule has 0 spiro atoms. The molecule has 2 rings (SSSR count). The topological polar surface area (TPSA) is 160 Å². The fourth-order valence-electron chi connectivity index (χ4n) is 1.91. The van der Waals surface area contributed by atoms with Gasteiger partial charge in [0.25, 0.3) is 5.91 Å². The Bertz CT molecular complexity index is 888. The van der Waals surface area contributed by atoms with Gasteiger partial charge in [0.05, 0.1) is 22.5 Å². The first-order chi connectivity index (χ1) is 12.5. The maximum atomic E-state index is 12.0. The lowest BCUT2D eigenvalue weighted by atomic mass is 10.1. The maximum Gasteiger partial charge on any atom is 0.335 e. The Morgan fingerprint density at radius 2 is 1.73 bits per heavy atom. The molecule has 0 saturated carbocycles. The lowest BCUT2D eigenvalue weighted by molar-refractivity contribution is 0.0696. The molecule has 0 fully saturated rings. The predicted molar refractivity (Wildman–Crippen MR) is 92.0 cm³/mol. The molecular formula is C16H14N6O4. The normalized spacial score (nSPS) is 10.3. The molecule has 10 nitrogen and oxygen atoms in total. The molecule has 132 valence electrons. The second-order valence-electron chi connectivity index (χ2n) is 4.96. The van der Waals surface area contributed by atoms with Crippen molar-refractivity contribution >= 4 is 23.3 Å². The fraction of sp³-hybridized carbons (Fsp3) is 0.125. The third-order valence-electron chi connectivity index (χ3n) is 3.18. The first-order valence-electron chi connectivity index (χ1n) is 7.38. The molecule has 3 N–H and O–H groups in total. The van der Waals surface area contributed by atoms with Crippen LogP contribution in [0.3, 0.4) is 0 Å². The highest BCUT2D eigenvalue weighted by Crippen LogP contribution is 2.25. The Balaban J connectivity index is 2.11. The van der Waals surface area contributed by atoms with Crippen LogP contribution >= 0.6 is 0 Å². The zero-order valence-electron chi connectivity index (χ0n) is 13.4. The van der Waals surface area contributed by atoms with Gasteiger partial charge in [-0.3, -0.25) is 4.79 Å². The number of aromatic carboxylic acids is 1. The monoisotopic (exact) mass is 354 g/mol. The summed E-state index contributed by atoms with van der Waals surface area (Å²) in [6.45, 7) is 0.221. The molecule has 0 aliphatic carbocycles. The van der Waals surface area contributed by atoms with E-state index in [2.05, 4.69) is 25.6 Å². The highest BCUT2D eigenvalue weighted by molar-refractivity contribution is 5.97. The van der Waals surface area contributed by atoms with Gasteiger partial charge in [0.2, 0.25) is 0 Å². The molecule has 2 aromatic carbocycles. The van der Waals surface area contributed by atoms with Crippen molar-refractivity contribution in [1.82, 2.24) is 5.32 Å². The average Bonchev–Trinajstić information content (AvgIpc) is 2.64. The molecule has 2 aromatic rings. The summed E-state index contributed by atoms with van der Waals surface area (Å²) < 4.78 is 0. The SMILES string of the molecule is [N-]=[N+]=NCCNC(=O)c1cc(/N=N/c2ccc(C(=O)O)cc2)ccc1O. The van der Waals surface area contributed by atoms with Crippen LogP contribution in [0.15, 0.2) is 57.8 Å². The van der Waals surface area contributed by atoms with Crippen molar-refractivity contribution in [1.29, 1.82) is 0 Å². The summed E-state index contributed by atoms with van der Waals surface area (Å²) in [5.74, 6) is -1.81. The summed E-state index contributed by atoms with van der Waals surface area (Å²) in [6.07, 6.45) is 0. The lowest BCUT2D eigenvalue weighted by Crippen LogP contribution is -2.25. The summed E-state index contributed by atoms with van der Waals surface area (Å²) in [7, 11) is 0. The number of nitrogens with zero attached hydrogens (tertiary/aromatic N) is 5. The summed E-state index contributed by atoms with van der Waals surface area (Å²) in [4.78, 5) is 25.4. The maximum absolute atomic E-state index is 12.0. The first-order valence-corrected chi connectivity index (χ1v) is 7.38. The van der Waals surface area contributed by atoms with Crippen LogP contribution in [0.2, 0.25) is 0 Å². The van der Waals surface area contributed by atoms with E-state index < -0.39 is 11.9 Å². The van der Waals surface area contributed by atoms with E-state index >= 15 is 0 Å². The van der Waals surface area contributed by atoms with Gasteiger partial charge in [0, 0.05) is 18.0 Å². The molecule has 0 atom stereocenters. The summed E-state index contributed by atoms with van der Waals surface area (Å²) in [6, 6.07) is 9.93. The van der Waals surface area contributed by atoms with Gasteiger partial charge in [-0.05, 0) is 48.0 Å². The molecule has 0 aromatic heterocycles. The van der Waals surface area contributed by atoms with E-state index in [1.807, 2.05) is 0 Å². The van der Waals surface area contributed by atoms with Gasteiger partial charge in [-0.1, -0.05) is 5.11 Å². The number of benzene rings is 2. The van der Waals surface area contributed by atoms with Crippen molar-refractivity contribution in [2.24, 2.45) is 15.3 Å². The fourth-order valence-corrected chi connectivity index (χ4v) is 1.91. The zero-order valence-corrected chi connectivity index (χ0v) is 13.4. The standard InChI is InChI=1S/C16H14N6O4/c17-22-19-8-7-18-15(24)13-9-12(5-6-14(13)23)21-20-11-3-1-10(2-4-11)16(25)26/h1-6,9,23H,7-8H2,(H,18,24)(H,25,26)/b21-20+. The van der Waals surface area contributed by atoms with Gasteiger partial charge in [-0.15, -0.1) is 0 Å². The highest BCUT2D eigenvalue weighted by Gasteiger charge is 2.11. The number of azide groups is 1.